The van der Waals surface area contributed by atoms with E-state index in [0.29, 0.717) is 22.1 Å². The van der Waals surface area contributed by atoms with E-state index in [0.717, 1.165) is 0 Å². The van der Waals surface area contributed by atoms with E-state index >= 15 is 0 Å². The van der Waals surface area contributed by atoms with Crippen molar-refractivity contribution in [2.24, 2.45) is 0 Å². The quantitative estimate of drug-likeness (QED) is 0.904. The molecule has 0 saturated heterocycles. The number of rotatable bonds is 5. The molecule has 0 amide bonds. The smallest absolute Gasteiger partial charge is 0.262 e. The van der Waals surface area contributed by atoms with E-state index in [9.17, 15) is 8.42 Å². The van der Waals surface area contributed by atoms with Gasteiger partial charge in [0.2, 0.25) is 0 Å². The van der Waals surface area contributed by atoms with Crippen LogP contribution in [0.15, 0.2) is 41.3 Å². The van der Waals surface area contributed by atoms with Crippen molar-refractivity contribution in [2.75, 3.05) is 18.9 Å². The number of ether oxygens (including phenoxy) is 2. The summed E-state index contributed by atoms with van der Waals surface area (Å²) in [4.78, 5) is 0.200. The summed E-state index contributed by atoms with van der Waals surface area (Å²) in [6.07, 6.45) is 0. The first kappa shape index (κ1) is 16.5. The minimum Gasteiger partial charge on any atom is -0.495 e. The van der Waals surface area contributed by atoms with Crippen LogP contribution in [0.4, 0.5) is 5.69 Å². The second-order valence-electron chi connectivity index (χ2n) is 4.56. The Morgan fingerprint density at radius 3 is 2.27 bits per heavy atom. The molecule has 0 aliphatic rings. The molecule has 1 N–H and O–H groups in total. The van der Waals surface area contributed by atoms with E-state index in [1.54, 1.807) is 25.1 Å². The molecule has 0 saturated carbocycles. The van der Waals surface area contributed by atoms with Crippen LogP contribution in [0.25, 0.3) is 0 Å². The van der Waals surface area contributed by atoms with Gasteiger partial charge in [-0.1, -0.05) is 29.8 Å². The van der Waals surface area contributed by atoms with Gasteiger partial charge < -0.3 is 9.47 Å². The maximum absolute atomic E-state index is 12.5. The highest BCUT2D eigenvalue weighted by atomic mass is 35.5. The van der Waals surface area contributed by atoms with Crippen LogP contribution in [-0.4, -0.2) is 22.6 Å². The van der Waals surface area contributed by atoms with Crippen LogP contribution in [0.2, 0.25) is 5.02 Å². The van der Waals surface area contributed by atoms with Gasteiger partial charge in [-0.3, -0.25) is 4.72 Å². The van der Waals surface area contributed by atoms with Crippen molar-refractivity contribution in [3.63, 3.8) is 0 Å². The van der Waals surface area contributed by atoms with Gasteiger partial charge in [-0.25, -0.2) is 8.42 Å². The number of sulfonamides is 1. The number of hydrogen-bond donors (Lipinski definition) is 1. The summed E-state index contributed by atoms with van der Waals surface area (Å²) in [5, 5.41) is 0.332. The Morgan fingerprint density at radius 2 is 1.68 bits per heavy atom. The number of nitrogens with one attached hydrogen (secondary N) is 1. The fourth-order valence-corrected chi connectivity index (χ4v) is 3.54. The topological polar surface area (TPSA) is 64.6 Å². The monoisotopic (exact) mass is 341 g/mol. The zero-order chi connectivity index (χ0) is 16.3. The lowest BCUT2D eigenvalue weighted by molar-refractivity contribution is 0.405. The number of aryl methyl sites for hydroxylation is 1. The third-order valence-corrected chi connectivity index (χ3v) is 4.92. The van der Waals surface area contributed by atoms with Gasteiger partial charge in [0.25, 0.3) is 10.0 Å². The molecular formula is C15H16ClNO4S. The number of methoxy groups -OCH3 is 2. The van der Waals surface area contributed by atoms with E-state index in [1.165, 1.54) is 32.4 Å². The van der Waals surface area contributed by atoms with Crippen molar-refractivity contribution in [1.29, 1.82) is 0 Å². The highest BCUT2D eigenvalue weighted by molar-refractivity contribution is 7.92. The van der Waals surface area contributed by atoms with Crippen LogP contribution < -0.4 is 14.2 Å². The number of anilines is 1. The minimum absolute atomic E-state index is 0.200. The summed E-state index contributed by atoms with van der Waals surface area (Å²) < 4.78 is 37.9. The Bertz CT molecular complexity index is 790. The molecule has 0 radical (unpaired) electrons. The molecule has 0 bridgehead atoms. The first-order chi connectivity index (χ1) is 10.4. The van der Waals surface area contributed by atoms with E-state index in [2.05, 4.69) is 4.72 Å². The van der Waals surface area contributed by atoms with Gasteiger partial charge in [0.15, 0.2) is 0 Å². The number of benzene rings is 2. The molecule has 2 rings (SSSR count). The highest BCUT2D eigenvalue weighted by Gasteiger charge is 2.20. The third kappa shape index (κ3) is 3.28. The standard InChI is InChI=1S/C15H16ClNO4S/c1-10-6-4-5-7-15(10)22(18,19)17-12-9-13(20-2)11(16)8-14(12)21-3/h4-9,17H,1-3H3. The summed E-state index contributed by atoms with van der Waals surface area (Å²) in [6, 6.07) is 9.69. The van der Waals surface area contributed by atoms with Crippen LogP contribution in [0.3, 0.4) is 0 Å². The summed E-state index contributed by atoms with van der Waals surface area (Å²) >= 11 is 6.01. The Morgan fingerprint density at radius 1 is 1.05 bits per heavy atom. The highest BCUT2D eigenvalue weighted by Crippen LogP contribution is 2.37. The zero-order valence-corrected chi connectivity index (χ0v) is 14.0. The van der Waals surface area contributed by atoms with Crippen LogP contribution >= 0.6 is 11.6 Å². The molecule has 0 fully saturated rings. The molecule has 0 unspecified atom stereocenters. The fraction of sp³-hybridized carbons (Fsp3) is 0.200. The van der Waals surface area contributed by atoms with Crippen molar-refractivity contribution in [3.05, 3.63) is 47.0 Å². The van der Waals surface area contributed by atoms with Crippen LogP contribution in [0.1, 0.15) is 5.56 Å². The van der Waals surface area contributed by atoms with E-state index in [4.69, 9.17) is 21.1 Å². The second-order valence-corrected chi connectivity index (χ2v) is 6.62. The van der Waals surface area contributed by atoms with E-state index in [1.807, 2.05) is 0 Å². The zero-order valence-electron chi connectivity index (χ0n) is 12.4. The lowest BCUT2D eigenvalue weighted by atomic mass is 10.2. The molecule has 0 aliphatic heterocycles. The molecule has 0 heterocycles. The van der Waals surface area contributed by atoms with Crippen molar-refractivity contribution in [1.82, 2.24) is 0 Å². The SMILES string of the molecule is COc1cc(NS(=O)(=O)c2ccccc2C)c(OC)cc1Cl. The average molecular weight is 342 g/mol. The first-order valence-corrected chi connectivity index (χ1v) is 8.25. The molecule has 2 aromatic carbocycles. The van der Waals surface area contributed by atoms with E-state index in [-0.39, 0.29) is 10.6 Å². The molecule has 22 heavy (non-hydrogen) atoms. The lowest BCUT2D eigenvalue weighted by Crippen LogP contribution is -2.15. The minimum atomic E-state index is -3.74. The first-order valence-electron chi connectivity index (χ1n) is 6.39. The van der Waals surface area contributed by atoms with Gasteiger partial charge in [-0.2, -0.15) is 0 Å². The molecule has 118 valence electrons. The van der Waals surface area contributed by atoms with Gasteiger partial charge in [0.1, 0.15) is 11.5 Å². The summed E-state index contributed by atoms with van der Waals surface area (Å²) in [7, 11) is -0.857. The molecule has 7 heteroatoms. The van der Waals surface area contributed by atoms with Crippen LogP contribution in [0, 0.1) is 6.92 Å². The maximum Gasteiger partial charge on any atom is 0.262 e. The molecular weight excluding hydrogens is 326 g/mol. The summed E-state index contributed by atoms with van der Waals surface area (Å²) in [6.45, 7) is 1.73. The molecule has 0 spiro atoms. The third-order valence-electron chi connectivity index (χ3n) is 3.10. The molecule has 0 atom stereocenters. The van der Waals surface area contributed by atoms with Crippen molar-refractivity contribution >= 4 is 27.3 Å². The van der Waals surface area contributed by atoms with Gasteiger partial charge in [-0.15, -0.1) is 0 Å². The van der Waals surface area contributed by atoms with Crippen molar-refractivity contribution in [2.45, 2.75) is 11.8 Å². The molecule has 0 aliphatic carbocycles. The van der Waals surface area contributed by atoms with Gasteiger partial charge in [0.05, 0.1) is 29.8 Å². The molecule has 2 aromatic rings. The van der Waals surface area contributed by atoms with Crippen molar-refractivity contribution < 1.29 is 17.9 Å². The molecule has 0 aromatic heterocycles. The number of hydrogen-bond acceptors (Lipinski definition) is 4. The van der Waals surface area contributed by atoms with Crippen molar-refractivity contribution in [3.8, 4) is 11.5 Å². The Balaban J connectivity index is 2.48. The van der Waals surface area contributed by atoms with Crippen LogP contribution in [-0.2, 0) is 10.0 Å². The normalized spacial score (nSPS) is 11.1. The fourth-order valence-electron chi connectivity index (χ4n) is 2.00. The predicted octanol–water partition coefficient (Wildman–Crippen LogP) is 3.47. The van der Waals surface area contributed by atoms with Gasteiger partial charge >= 0.3 is 0 Å². The predicted molar refractivity (Wildman–Crippen MR) is 86.5 cm³/mol. The average Bonchev–Trinajstić information content (AvgIpc) is 2.48. The summed E-state index contributed by atoms with van der Waals surface area (Å²) in [5.74, 6) is 0.660. The Labute approximate surface area is 134 Å². The second kappa shape index (κ2) is 6.46. The summed E-state index contributed by atoms with van der Waals surface area (Å²) in [5.41, 5.74) is 0.905. The van der Waals surface area contributed by atoms with E-state index < -0.39 is 10.0 Å². The lowest BCUT2D eigenvalue weighted by Gasteiger charge is -2.15. The Hall–Kier alpha value is -1.92. The van der Waals surface area contributed by atoms with Crippen LogP contribution in [0.5, 0.6) is 11.5 Å². The van der Waals surface area contributed by atoms with Gasteiger partial charge in [-0.05, 0) is 18.6 Å². The van der Waals surface area contributed by atoms with Gasteiger partial charge in [0, 0.05) is 12.1 Å². The largest absolute Gasteiger partial charge is 0.495 e. The molecule has 5 nitrogen and oxygen atoms in total. The maximum atomic E-state index is 12.5. The number of halogens is 1. The Kier molecular flexibility index (Phi) is 4.83.